The van der Waals surface area contributed by atoms with E-state index in [-0.39, 0.29) is 24.1 Å². The Balaban J connectivity index is 2.74. The summed E-state index contributed by atoms with van der Waals surface area (Å²) < 4.78 is 0. The highest BCUT2D eigenvalue weighted by atomic mass is 16.3. The molecule has 1 aliphatic heterocycles. The van der Waals surface area contributed by atoms with E-state index in [0.29, 0.717) is 12.0 Å². The first-order valence-electron chi connectivity index (χ1n) is 6.95. The fraction of sp³-hybridized carbons (Fsp3) is 1.00. The average Bonchev–Trinajstić information content (AvgIpc) is 2.60. The summed E-state index contributed by atoms with van der Waals surface area (Å²) in [6, 6.07) is 0.624. The van der Waals surface area contributed by atoms with E-state index in [4.69, 9.17) is 5.73 Å². The zero-order valence-electron chi connectivity index (χ0n) is 12.8. The Morgan fingerprint density at radius 2 is 1.89 bits per heavy atom. The monoisotopic (exact) mass is 257 g/mol. The third-order valence-corrected chi connectivity index (χ3v) is 4.33. The number of aliphatic hydroxyl groups is 1. The molecule has 1 heterocycles. The van der Waals surface area contributed by atoms with Crippen LogP contribution in [0.3, 0.4) is 0 Å². The minimum absolute atomic E-state index is 0.00406. The van der Waals surface area contributed by atoms with Gasteiger partial charge in [0.05, 0.1) is 6.61 Å². The molecule has 4 nitrogen and oxygen atoms in total. The van der Waals surface area contributed by atoms with Crippen LogP contribution in [0.5, 0.6) is 0 Å². The van der Waals surface area contributed by atoms with Crippen molar-refractivity contribution in [3.05, 3.63) is 0 Å². The second-order valence-corrected chi connectivity index (χ2v) is 7.10. The van der Waals surface area contributed by atoms with Gasteiger partial charge in [-0.05, 0) is 25.4 Å². The Hall–Kier alpha value is -0.160. The second-order valence-electron chi connectivity index (χ2n) is 7.10. The molecular weight excluding hydrogens is 226 g/mol. The third-order valence-electron chi connectivity index (χ3n) is 4.33. The lowest BCUT2D eigenvalue weighted by Gasteiger charge is -2.38. The normalized spacial score (nSPS) is 29.8. The maximum Gasteiger partial charge on any atom is 0.0602 e. The van der Waals surface area contributed by atoms with E-state index in [0.717, 1.165) is 13.1 Å². The van der Waals surface area contributed by atoms with E-state index in [1.165, 1.54) is 0 Å². The Morgan fingerprint density at radius 3 is 2.22 bits per heavy atom. The number of rotatable bonds is 4. The van der Waals surface area contributed by atoms with Crippen molar-refractivity contribution in [3.63, 3.8) is 0 Å². The van der Waals surface area contributed by atoms with E-state index in [1.807, 2.05) is 0 Å². The van der Waals surface area contributed by atoms with Gasteiger partial charge >= 0.3 is 0 Å². The molecular formula is C14H31N3O. The summed E-state index contributed by atoms with van der Waals surface area (Å²) in [6.07, 6.45) is 0. The summed E-state index contributed by atoms with van der Waals surface area (Å²) in [5, 5.41) is 9.70. The van der Waals surface area contributed by atoms with Crippen molar-refractivity contribution >= 4 is 0 Å². The van der Waals surface area contributed by atoms with Crippen molar-refractivity contribution in [2.45, 2.75) is 45.8 Å². The molecule has 0 amide bonds. The Morgan fingerprint density at radius 1 is 1.33 bits per heavy atom. The number of likely N-dealkylation sites (tertiary alicyclic amines) is 1. The SMILES string of the molecule is CC1CN(C(CO)C(N)C(C)(C)C)CC1N(C)C. The number of nitrogens with zero attached hydrogens (tertiary/aromatic N) is 2. The van der Waals surface area contributed by atoms with E-state index >= 15 is 0 Å². The van der Waals surface area contributed by atoms with Gasteiger partial charge < -0.3 is 15.7 Å². The molecule has 1 rings (SSSR count). The maximum absolute atomic E-state index is 9.70. The Kier molecular flexibility index (Phi) is 5.18. The minimum atomic E-state index is -0.00406. The van der Waals surface area contributed by atoms with Crippen LogP contribution in [0.1, 0.15) is 27.7 Å². The van der Waals surface area contributed by atoms with Crippen LogP contribution in [-0.2, 0) is 0 Å². The molecule has 0 aromatic carbocycles. The van der Waals surface area contributed by atoms with Gasteiger partial charge in [-0.2, -0.15) is 0 Å². The van der Waals surface area contributed by atoms with Crippen LogP contribution in [-0.4, -0.2) is 66.8 Å². The number of aliphatic hydroxyl groups excluding tert-OH is 1. The molecule has 0 saturated carbocycles. The van der Waals surface area contributed by atoms with E-state index < -0.39 is 0 Å². The molecule has 0 aliphatic carbocycles. The number of hydrogen-bond acceptors (Lipinski definition) is 4. The van der Waals surface area contributed by atoms with E-state index in [9.17, 15) is 5.11 Å². The van der Waals surface area contributed by atoms with Crippen LogP contribution in [0.15, 0.2) is 0 Å². The van der Waals surface area contributed by atoms with E-state index in [1.54, 1.807) is 0 Å². The predicted octanol–water partition coefficient (Wildman–Crippen LogP) is 0.603. The van der Waals surface area contributed by atoms with Gasteiger partial charge in [-0.15, -0.1) is 0 Å². The first kappa shape index (κ1) is 15.9. The molecule has 1 saturated heterocycles. The van der Waals surface area contributed by atoms with Crippen LogP contribution in [0.2, 0.25) is 0 Å². The highest BCUT2D eigenvalue weighted by molar-refractivity contribution is 4.96. The molecule has 4 atom stereocenters. The van der Waals surface area contributed by atoms with Gasteiger partial charge in [0.2, 0.25) is 0 Å². The van der Waals surface area contributed by atoms with Crippen LogP contribution in [0.4, 0.5) is 0 Å². The summed E-state index contributed by atoms with van der Waals surface area (Å²) in [6.45, 7) is 10.9. The molecule has 0 spiro atoms. The number of nitrogens with two attached hydrogens (primary N) is 1. The summed E-state index contributed by atoms with van der Waals surface area (Å²) >= 11 is 0. The van der Waals surface area contributed by atoms with Gasteiger partial charge in [0, 0.05) is 31.2 Å². The van der Waals surface area contributed by atoms with Gasteiger partial charge in [0.15, 0.2) is 0 Å². The Labute approximate surface area is 112 Å². The topological polar surface area (TPSA) is 52.7 Å². The number of likely N-dealkylation sites (N-methyl/N-ethyl adjacent to an activating group) is 1. The molecule has 4 unspecified atom stereocenters. The molecule has 18 heavy (non-hydrogen) atoms. The molecule has 0 bridgehead atoms. The lowest BCUT2D eigenvalue weighted by molar-refractivity contribution is 0.0823. The first-order chi connectivity index (χ1) is 8.18. The van der Waals surface area contributed by atoms with Gasteiger partial charge in [0.25, 0.3) is 0 Å². The van der Waals surface area contributed by atoms with Crippen molar-refractivity contribution in [1.29, 1.82) is 0 Å². The molecule has 4 heteroatoms. The highest BCUT2D eigenvalue weighted by Crippen LogP contribution is 2.28. The average molecular weight is 257 g/mol. The predicted molar refractivity (Wildman–Crippen MR) is 76.5 cm³/mol. The fourth-order valence-electron chi connectivity index (χ4n) is 2.96. The van der Waals surface area contributed by atoms with Gasteiger partial charge in [-0.3, -0.25) is 4.90 Å². The van der Waals surface area contributed by atoms with Gasteiger partial charge in [-0.1, -0.05) is 27.7 Å². The summed E-state index contributed by atoms with van der Waals surface area (Å²) in [5.74, 6) is 0.626. The largest absolute Gasteiger partial charge is 0.395 e. The lowest BCUT2D eigenvalue weighted by Crippen LogP contribution is -2.55. The van der Waals surface area contributed by atoms with E-state index in [2.05, 4.69) is 51.6 Å². The van der Waals surface area contributed by atoms with Crippen LogP contribution < -0.4 is 5.73 Å². The Bertz CT molecular complexity index is 262. The van der Waals surface area contributed by atoms with Crippen molar-refractivity contribution in [2.75, 3.05) is 33.8 Å². The van der Waals surface area contributed by atoms with Gasteiger partial charge in [-0.25, -0.2) is 0 Å². The van der Waals surface area contributed by atoms with Crippen molar-refractivity contribution < 1.29 is 5.11 Å². The highest BCUT2D eigenvalue weighted by Gasteiger charge is 2.39. The quantitative estimate of drug-likeness (QED) is 0.774. The molecule has 0 aromatic rings. The summed E-state index contributed by atoms with van der Waals surface area (Å²) in [5.41, 5.74) is 6.36. The zero-order chi connectivity index (χ0) is 14.1. The standard InChI is InChI=1S/C14H31N3O/c1-10-7-17(8-11(10)16(5)6)12(9-18)13(15)14(2,3)4/h10-13,18H,7-9,15H2,1-6H3. The minimum Gasteiger partial charge on any atom is -0.395 e. The fourth-order valence-corrected chi connectivity index (χ4v) is 2.96. The molecule has 0 aromatic heterocycles. The summed E-state index contributed by atoms with van der Waals surface area (Å²) in [7, 11) is 4.25. The van der Waals surface area contributed by atoms with Crippen LogP contribution >= 0.6 is 0 Å². The molecule has 0 radical (unpaired) electrons. The lowest BCUT2D eigenvalue weighted by atomic mass is 9.82. The number of hydrogen-bond donors (Lipinski definition) is 2. The van der Waals surface area contributed by atoms with Crippen molar-refractivity contribution in [1.82, 2.24) is 9.80 Å². The smallest absolute Gasteiger partial charge is 0.0602 e. The first-order valence-corrected chi connectivity index (χ1v) is 6.95. The molecule has 1 aliphatic rings. The third kappa shape index (κ3) is 3.44. The van der Waals surface area contributed by atoms with Crippen molar-refractivity contribution in [3.8, 4) is 0 Å². The van der Waals surface area contributed by atoms with Crippen LogP contribution in [0.25, 0.3) is 0 Å². The van der Waals surface area contributed by atoms with Gasteiger partial charge in [0.1, 0.15) is 0 Å². The zero-order valence-corrected chi connectivity index (χ0v) is 12.8. The molecule has 3 N–H and O–H groups in total. The van der Waals surface area contributed by atoms with Crippen LogP contribution in [0, 0.1) is 11.3 Å². The maximum atomic E-state index is 9.70. The van der Waals surface area contributed by atoms with Crippen molar-refractivity contribution in [2.24, 2.45) is 17.1 Å². The summed E-state index contributed by atoms with van der Waals surface area (Å²) in [4.78, 5) is 4.65. The second kappa shape index (κ2) is 5.87. The molecule has 108 valence electrons. The molecule has 1 fully saturated rings.